The fourth-order valence-corrected chi connectivity index (χ4v) is 4.82. The number of nitrogens with one attached hydrogen (secondary N) is 1. The van der Waals surface area contributed by atoms with Gasteiger partial charge in [-0.15, -0.1) is 4.36 Å². The van der Waals surface area contributed by atoms with Gasteiger partial charge in [0.05, 0.1) is 11.3 Å². The summed E-state index contributed by atoms with van der Waals surface area (Å²) in [6.45, 7) is 4.39. The van der Waals surface area contributed by atoms with Gasteiger partial charge in [0.25, 0.3) is 12.3 Å². The van der Waals surface area contributed by atoms with E-state index >= 15 is 0 Å². The van der Waals surface area contributed by atoms with Gasteiger partial charge >= 0.3 is 0 Å². The number of benzene rings is 3. The number of amides is 1. The number of carbonyl (C=O) groups is 1. The topological polar surface area (TPSA) is 84.5 Å². The molecule has 180 valence electrons. The Hall–Kier alpha value is -2.94. The van der Waals surface area contributed by atoms with Crippen LogP contribution in [-0.4, -0.2) is 17.2 Å². The zero-order chi connectivity index (χ0) is 24.9. The average Bonchev–Trinajstić information content (AvgIpc) is 2.79. The van der Waals surface area contributed by atoms with Crippen molar-refractivity contribution in [3.63, 3.8) is 0 Å². The van der Waals surface area contributed by atoms with Crippen LogP contribution in [0, 0.1) is 0 Å². The van der Waals surface area contributed by atoms with E-state index in [4.69, 9.17) is 5.14 Å². The van der Waals surface area contributed by atoms with E-state index in [1.165, 1.54) is 12.1 Å². The second-order valence-corrected chi connectivity index (χ2v) is 10.2. The summed E-state index contributed by atoms with van der Waals surface area (Å²) in [5, 5.41) is 8.97. The number of hydrogen-bond donors (Lipinski definition) is 2. The molecular formula is C26H29F2N3O2S. The van der Waals surface area contributed by atoms with Gasteiger partial charge in [-0.3, -0.25) is 4.79 Å². The zero-order valence-corrected chi connectivity index (χ0v) is 20.2. The van der Waals surface area contributed by atoms with Gasteiger partial charge in [-0.05, 0) is 65.0 Å². The number of carbonyl (C=O) groups excluding carboxylic acids is 1. The van der Waals surface area contributed by atoms with Crippen molar-refractivity contribution in [1.82, 2.24) is 5.32 Å². The molecule has 0 heterocycles. The second kappa shape index (κ2) is 11.0. The van der Waals surface area contributed by atoms with Crippen LogP contribution >= 0.6 is 0 Å². The Kier molecular flexibility index (Phi) is 8.30. The Morgan fingerprint density at radius 1 is 1.06 bits per heavy atom. The maximum atomic E-state index is 13.6. The first-order chi connectivity index (χ1) is 16.1. The third kappa shape index (κ3) is 6.14. The Labute approximate surface area is 199 Å². The van der Waals surface area contributed by atoms with Crippen LogP contribution in [-0.2, 0) is 27.7 Å². The molecule has 1 atom stereocenters. The van der Waals surface area contributed by atoms with Crippen LogP contribution in [0.1, 0.15) is 48.4 Å². The summed E-state index contributed by atoms with van der Waals surface area (Å²) in [5.74, 6) is -0.790. The summed E-state index contributed by atoms with van der Waals surface area (Å²) in [6.07, 6.45) is -2.85. The minimum absolute atomic E-state index is 0.111. The number of halogens is 2. The Bertz CT molecular complexity index is 1270. The van der Waals surface area contributed by atoms with E-state index in [1.807, 2.05) is 27.0 Å². The van der Waals surface area contributed by atoms with Gasteiger partial charge in [0.2, 0.25) is 0 Å². The van der Waals surface area contributed by atoms with Gasteiger partial charge in [0.1, 0.15) is 9.92 Å². The van der Waals surface area contributed by atoms with E-state index in [1.54, 1.807) is 48.5 Å². The SMILES string of the molecule is CNCc1ccc(S(N)(=O)=NC(=O)Cc2c(-c3ccccc3)cc(C(F)F)cc2C(C)C)cc1. The molecule has 0 aliphatic heterocycles. The predicted molar refractivity (Wildman–Crippen MR) is 132 cm³/mol. The minimum atomic E-state index is -3.46. The van der Waals surface area contributed by atoms with Gasteiger partial charge in [-0.2, -0.15) is 0 Å². The largest absolute Gasteiger partial charge is 0.316 e. The lowest BCUT2D eigenvalue weighted by Gasteiger charge is -2.19. The van der Waals surface area contributed by atoms with Gasteiger partial charge in [0.15, 0.2) is 0 Å². The lowest BCUT2D eigenvalue weighted by atomic mass is 9.86. The summed E-state index contributed by atoms with van der Waals surface area (Å²) >= 11 is 0. The molecule has 3 rings (SSSR count). The Morgan fingerprint density at radius 2 is 1.71 bits per heavy atom. The third-order valence-electron chi connectivity index (χ3n) is 5.47. The van der Waals surface area contributed by atoms with Crippen molar-refractivity contribution in [1.29, 1.82) is 0 Å². The molecule has 0 aliphatic carbocycles. The molecule has 5 nitrogen and oxygen atoms in total. The van der Waals surface area contributed by atoms with Crippen LogP contribution in [0.3, 0.4) is 0 Å². The van der Waals surface area contributed by atoms with Crippen LogP contribution in [0.15, 0.2) is 76.0 Å². The highest BCUT2D eigenvalue weighted by Gasteiger charge is 2.21. The fourth-order valence-electron chi connectivity index (χ4n) is 3.83. The highest BCUT2D eigenvalue weighted by atomic mass is 32.2. The molecular weight excluding hydrogens is 456 g/mol. The summed E-state index contributed by atoms with van der Waals surface area (Å²) in [7, 11) is -1.64. The van der Waals surface area contributed by atoms with Crippen LogP contribution < -0.4 is 10.5 Å². The normalized spacial score (nSPS) is 13.2. The first kappa shape index (κ1) is 25.7. The summed E-state index contributed by atoms with van der Waals surface area (Å²) in [6, 6.07) is 18.6. The van der Waals surface area contributed by atoms with Crippen LogP contribution in [0.5, 0.6) is 0 Å². The van der Waals surface area contributed by atoms with E-state index in [-0.39, 0.29) is 22.8 Å². The summed E-state index contributed by atoms with van der Waals surface area (Å²) < 4.78 is 44.2. The van der Waals surface area contributed by atoms with Crippen molar-refractivity contribution in [2.75, 3.05) is 7.05 Å². The van der Waals surface area contributed by atoms with E-state index < -0.39 is 22.2 Å². The molecule has 3 N–H and O–H groups in total. The zero-order valence-electron chi connectivity index (χ0n) is 19.4. The second-order valence-electron chi connectivity index (χ2n) is 8.36. The van der Waals surface area contributed by atoms with Crippen molar-refractivity contribution in [2.24, 2.45) is 9.50 Å². The summed E-state index contributed by atoms with van der Waals surface area (Å²) in [4.78, 5) is 13.2. The molecule has 3 aromatic rings. The average molecular weight is 486 g/mol. The van der Waals surface area contributed by atoms with Crippen molar-refractivity contribution in [3.8, 4) is 11.1 Å². The van der Waals surface area contributed by atoms with E-state index in [9.17, 15) is 17.8 Å². The third-order valence-corrected chi connectivity index (χ3v) is 6.90. The van der Waals surface area contributed by atoms with Crippen molar-refractivity contribution < 1.29 is 17.8 Å². The molecule has 8 heteroatoms. The highest BCUT2D eigenvalue weighted by Crippen LogP contribution is 2.35. The van der Waals surface area contributed by atoms with E-state index in [0.717, 1.165) is 5.56 Å². The molecule has 0 radical (unpaired) electrons. The van der Waals surface area contributed by atoms with Crippen LogP contribution in [0.4, 0.5) is 8.78 Å². The molecule has 0 saturated carbocycles. The first-order valence-corrected chi connectivity index (χ1v) is 12.5. The lowest BCUT2D eigenvalue weighted by molar-refractivity contribution is -0.117. The maximum Gasteiger partial charge on any atom is 0.263 e. The molecule has 0 spiro atoms. The fraction of sp³-hybridized carbons (Fsp3) is 0.269. The predicted octanol–water partition coefficient (Wildman–Crippen LogP) is 5.60. The van der Waals surface area contributed by atoms with Crippen LogP contribution in [0.2, 0.25) is 0 Å². The van der Waals surface area contributed by atoms with Crippen molar-refractivity contribution >= 4 is 15.8 Å². The molecule has 0 fully saturated rings. The minimum Gasteiger partial charge on any atom is -0.316 e. The van der Waals surface area contributed by atoms with Crippen LogP contribution in [0.25, 0.3) is 11.1 Å². The Balaban J connectivity index is 2.05. The molecule has 0 bridgehead atoms. The van der Waals surface area contributed by atoms with Crippen molar-refractivity contribution in [2.45, 2.75) is 44.1 Å². The van der Waals surface area contributed by atoms with Gasteiger partial charge < -0.3 is 5.32 Å². The van der Waals surface area contributed by atoms with E-state index in [2.05, 4.69) is 9.68 Å². The number of nitrogens with two attached hydrogens (primary N) is 1. The maximum absolute atomic E-state index is 13.6. The number of rotatable bonds is 8. The first-order valence-electron chi connectivity index (χ1n) is 10.9. The van der Waals surface area contributed by atoms with Gasteiger partial charge in [0, 0.05) is 12.1 Å². The number of alkyl halides is 2. The molecule has 0 saturated heterocycles. The highest BCUT2D eigenvalue weighted by molar-refractivity contribution is 7.91. The summed E-state index contributed by atoms with van der Waals surface area (Å²) in [5.41, 5.74) is 3.31. The lowest BCUT2D eigenvalue weighted by Crippen LogP contribution is -2.17. The molecule has 1 unspecified atom stereocenters. The molecule has 0 aliphatic rings. The molecule has 34 heavy (non-hydrogen) atoms. The molecule has 1 amide bonds. The Morgan fingerprint density at radius 3 is 2.26 bits per heavy atom. The number of hydrogen-bond acceptors (Lipinski definition) is 3. The molecule has 0 aromatic heterocycles. The number of nitrogens with zero attached hydrogens (tertiary/aromatic N) is 1. The smallest absolute Gasteiger partial charge is 0.263 e. The van der Waals surface area contributed by atoms with Gasteiger partial charge in [-0.1, -0.05) is 56.3 Å². The molecule has 3 aromatic carbocycles. The van der Waals surface area contributed by atoms with Gasteiger partial charge in [-0.25, -0.2) is 18.1 Å². The monoisotopic (exact) mass is 485 g/mol. The standard InChI is InChI=1S/C26H29F2N3O2S/c1-17(2)22-13-20(26(27)28)14-23(19-7-5-4-6-8-19)24(22)15-25(32)31-34(29,33)21-11-9-18(10-12-21)16-30-3/h4-14,17,26,30H,15-16H2,1-3H3,(H2,29,31,32,33). The van der Waals surface area contributed by atoms with E-state index in [0.29, 0.717) is 28.8 Å². The quantitative estimate of drug-likeness (QED) is 0.435. The van der Waals surface area contributed by atoms with Crippen molar-refractivity contribution in [3.05, 3.63) is 89.0 Å².